The van der Waals surface area contributed by atoms with E-state index in [1.807, 2.05) is 13.2 Å². The topological polar surface area (TPSA) is 62.2 Å². The van der Waals surface area contributed by atoms with Crippen LogP contribution < -0.4 is 4.74 Å². The zero-order valence-corrected chi connectivity index (χ0v) is 23.2. The first-order valence-corrected chi connectivity index (χ1v) is 14.2. The molecule has 5 nitrogen and oxygen atoms in total. The number of nitrogens with zero attached hydrogens (tertiary/aromatic N) is 1. The molecule has 7 aliphatic rings. The van der Waals surface area contributed by atoms with Crippen LogP contribution in [0, 0.1) is 23.2 Å². The summed E-state index contributed by atoms with van der Waals surface area (Å²) in [7, 11) is 1.84. The molecule has 0 radical (unpaired) electrons. The zero-order chi connectivity index (χ0) is 24.4. The van der Waals surface area contributed by atoms with Crippen molar-refractivity contribution in [2.75, 3.05) is 20.2 Å². The first kappa shape index (κ1) is 25.3. The molecular weight excluding hydrogens is 474 g/mol. The van der Waals surface area contributed by atoms with Crippen molar-refractivity contribution in [1.82, 2.24) is 4.90 Å². The molecule has 6 heteroatoms. The highest BCUT2D eigenvalue weighted by Crippen LogP contribution is 2.77. The number of methoxy groups -OCH3 is 1. The zero-order valence-electron chi connectivity index (χ0n) is 22.4. The van der Waals surface area contributed by atoms with E-state index in [1.165, 1.54) is 30.5 Å². The molecule has 5 fully saturated rings. The van der Waals surface area contributed by atoms with E-state index in [9.17, 15) is 10.2 Å². The summed E-state index contributed by atoms with van der Waals surface area (Å²) >= 11 is 0. The fraction of sp³-hybridized carbons (Fsp3) is 0.800. The summed E-state index contributed by atoms with van der Waals surface area (Å²) in [4.78, 5) is 2.83. The highest BCUT2D eigenvalue weighted by atomic mass is 35.5. The molecule has 4 saturated carbocycles. The van der Waals surface area contributed by atoms with Gasteiger partial charge in [-0.25, -0.2) is 0 Å². The minimum Gasteiger partial charge on any atom is -0.504 e. The normalized spacial score (nSPS) is 41.4. The largest absolute Gasteiger partial charge is 0.504 e. The monoisotopic (exact) mass is 517 g/mol. The van der Waals surface area contributed by atoms with Crippen LogP contribution in [0.2, 0.25) is 0 Å². The van der Waals surface area contributed by atoms with E-state index in [1.54, 1.807) is 0 Å². The van der Waals surface area contributed by atoms with Crippen LogP contribution in [0.4, 0.5) is 0 Å². The summed E-state index contributed by atoms with van der Waals surface area (Å²) in [6.45, 7) is 8.87. The number of fused-ring (bicyclic) bond motifs is 2. The van der Waals surface area contributed by atoms with Crippen LogP contribution in [0.5, 0.6) is 11.5 Å². The lowest BCUT2D eigenvalue weighted by atomic mass is 9.33. The SMILES string of the molecule is CO[C@]12CCC3(CC1C(C)(O)CCC(C)C)[C@H]1Cc4ccc(O)c5c4[C@@]3(CCN1CC1CC1)[C@H]2O5.Cl. The molecule has 36 heavy (non-hydrogen) atoms. The Kier molecular flexibility index (Phi) is 5.62. The lowest BCUT2D eigenvalue weighted by molar-refractivity contribution is -0.303. The van der Waals surface area contributed by atoms with Crippen LogP contribution in [0.3, 0.4) is 0 Å². The van der Waals surface area contributed by atoms with Gasteiger partial charge in [0.1, 0.15) is 11.7 Å². The Labute approximate surface area is 222 Å². The lowest BCUT2D eigenvalue weighted by Crippen LogP contribution is -2.82. The van der Waals surface area contributed by atoms with Crippen molar-refractivity contribution in [2.24, 2.45) is 23.2 Å². The highest BCUT2D eigenvalue weighted by molar-refractivity contribution is 5.85. The highest BCUT2D eigenvalue weighted by Gasteiger charge is 2.81. The number of rotatable bonds is 7. The molecule has 2 spiro atoms. The summed E-state index contributed by atoms with van der Waals surface area (Å²) in [5.41, 5.74) is 1.25. The summed E-state index contributed by atoms with van der Waals surface area (Å²) in [6, 6.07) is 4.49. The van der Waals surface area contributed by atoms with Gasteiger partial charge in [0.15, 0.2) is 11.5 Å². The Bertz CT molecular complexity index is 1060. The van der Waals surface area contributed by atoms with Crippen LogP contribution in [-0.2, 0) is 16.6 Å². The van der Waals surface area contributed by atoms with Gasteiger partial charge in [-0.15, -0.1) is 12.4 Å². The van der Waals surface area contributed by atoms with E-state index in [2.05, 4.69) is 31.7 Å². The van der Waals surface area contributed by atoms with Crippen LogP contribution in [-0.4, -0.2) is 58.7 Å². The number of ether oxygens (including phenoxy) is 2. The Hall–Kier alpha value is -1.01. The fourth-order valence-electron chi connectivity index (χ4n) is 9.88. The Balaban J connectivity index is 0.00000240. The first-order chi connectivity index (χ1) is 16.7. The number of aromatic hydroxyl groups is 1. The van der Waals surface area contributed by atoms with Crippen LogP contribution in [0.15, 0.2) is 12.1 Å². The second kappa shape index (κ2) is 8.00. The molecule has 0 amide bonds. The third-order valence-corrected chi connectivity index (χ3v) is 11.6. The molecule has 4 bridgehead atoms. The minimum atomic E-state index is -0.814. The van der Waals surface area contributed by atoms with Gasteiger partial charge in [0.05, 0.1) is 5.60 Å². The number of aliphatic hydroxyl groups is 1. The van der Waals surface area contributed by atoms with Gasteiger partial charge in [0.2, 0.25) is 0 Å². The first-order valence-electron chi connectivity index (χ1n) is 14.2. The van der Waals surface area contributed by atoms with Crippen molar-refractivity contribution >= 4 is 12.4 Å². The van der Waals surface area contributed by atoms with E-state index in [0.717, 1.165) is 63.2 Å². The standard InChI is InChI=1S/C30H43NO4.ClH/c1-18(2)9-10-27(3,33)22-16-28-11-12-30(22,34-4)26-29(28)13-14-31(17-19-5-6-19)23(28)15-20-7-8-21(32)25(35-26)24(20)29;/h7-8,18-19,22-23,26,32-33H,5-6,9-17H2,1-4H3;1H/t22?,23-,26-,27?,28?,29+,30-;/m1./s1. The minimum absolute atomic E-state index is 0. The number of hydrogen-bond acceptors (Lipinski definition) is 5. The average Bonchev–Trinajstić information content (AvgIpc) is 3.57. The molecule has 2 aliphatic heterocycles. The third kappa shape index (κ3) is 2.95. The molecule has 200 valence electrons. The van der Waals surface area contributed by atoms with Gasteiger partial charge >= 0.3 is 0 Å². The van der Waals surface area contributed by atoms with Gasteiger partial charge in [0.25, 0.3) is 0 Å². The van der Waals surface area contributed by atoms with Crippen molar-refractivity contribution in [2.45, 2.75) is 107 Å². The molecule has 1 aromatic rings. The summed E-state index contributed by atoms with van der Waals surface area (Å²) in [5.74, 6) is 2.43. The van der Waals surface area contributed by atoms with Gasteiger partial charge in [-0.2, -0.15) is 0 Å². The summed E-state index contributed by atoms with van der Waals surface area (Å²) in [5, 5.41) is 23.1. The number of hydrogen-bond donors (Lipinski definition) is 2. The smallest absolute Gasteiger partial charge is 0.165 e. The number of piperidine rings is 1. The van der Waals surface area contributed by atoms with Crippen LogP contribution in [0.1, 0.15) is 83.3 Å². The van der Waals surface area contributed by atoms with Crippen molar-refractivity contribution < 1.29 is 19.7 Å². The predicted molar refractivity (Wildman–Crippen MR) is 142 cm³/mol. The Morgan fingerprint density at radius 3 is 2.69 bits per heavy atom. The number of likely N-dealkylation sites (tertiary alicyclic amines) is 1. The van der Waals surface area contributed by atoms with E-state index in [4.69, 9.17) is 9.47 Å². The molecule has 2 N–H and O–H groups in total. The quantitative estimate of drug-likeness (QED) is 0.519. The van der Waals surface area contributed by atoms with Crippen molar-refractivity contribution in [3.63, 3.8) is 0 Å². The molecule has 1 aromatic carbocycles. The maximum Gasteiger partial charge on any atom is 0.165 e. The Morgan fingerprint density at radius 2 is 2.00 bits per heavy atom. The second-order valence-electron chi connectivity index (χ2n) is 13.7. The molecule has 0 aromatic heterocycles. The molecular formula is C30H44ClNO4. The van der Waals surface area contributed by atoms with Gasteiger partial charge in [-0.1, -0.05) is 19.9 Å². The predicted octanol–water partition coefficient (Wildman–Crippen LogP) is 5.23. The van der Waals surface area contributed by atoms with Crippen molar-refractivity contribution in [3.05, 3.63) is 23.3 Å². The maximum absolute atomic E-state index is 12.1. The average molecular weight is 518 g/mol. The molecule has 1 saturated heterocycles. The summed E-state index contributed by atoms with van der Waals surface area (Å²) < 4.78 is 13.5. The number of benzene rings is 1. The molecule has 2 heterocycles. The van der Waals surface area contributed by atoms with Gasteiger partial charge in [0, 0.05) is 42.0 Å². The number of phenolic OH excluding ortho intramolecular Hbond substituents is 1. The van der Waals surface area contributed by atoms with Crippen LogP contribution >= 0.6 is 12.4 Å². The molecule has 8 rings (SSSR count). The molecule has 3 unspecified atom stereocenters. The number of phenols is 1. The molecule has 7 atom stereocenters. The van der Waals surface area contributed by atoms with Gasteiger partial charge < -0.3 is 19.7 Å². The van der Waals surface area contributed by atoms with Gasteiger partial charge in [-0.05, 0) is 94.7 Å². The van der Waals surface area contributed by atoms with E-state index in [0.29, 0.717) is 12.0 Å². The third-order valence-electron chi connectivity index (χ3n) is 11.6. The van der Waals surface area contributed by atoms with Crippen molar-refractivity contribution in [3.8, 4) is 11.5 Å². The lowest BCUT2D eigenvalue weighted by Gasteiger charge is -2.75. The van der Waals surface area contributed by atoms with Crippen molar-refractivity contribution in [1.29, 1.82) is 0 Å². The maximum atomic E-state index is 12.1. The summed E-state index contributed by atoms with van der Waals surface area (Å²) in [6.07, 6.45) is 9.55. The second-order valence-corrected chi connectivity index (χ2v) is 13.7. The van der Waals surface area contributed by atoms with E-state index < -0.39 is 11.2 Å². The molecule has 5 aliphatic carbocycles. The van der Waals surface area contributed by atoms with Crippen LogP contribution in [0.25, 0.3) is 0 Å². The van der Waals surface area contributed by atoms with Gasteiger partial charge in [-0.3, -0.25) is 4.90 Å². The fourth-order valence-corrected chi connectivity index (χ4v) is 9.88. The van der Waals surface area contributed by atoms with E-state index in [-0.39, 0.29) is 41.0 Å². The number of halogens is 1. The Morgan fingerprint density at radius 1 is 1.22 bits per heavy atom. The van der Waals surface area contributed by atoms with E-state index >= 15 is 0 Å².